The molecule has 0 N–H and O–H groups in total. The number of hydrogen-bond donors (Lipinski definition) is 0. The van der Waals surface area contributed by atoms with Gasteiger partial charge in [-0.3, -0.25) is 33.7 Å². The highest BCUT2D eigenvalue weighted by molar-refractivity contribution is 7.98. The predicted molar refractivity (Wildman–Crippen MR) is 467 cm³/mol. The first-order valence-corrected chi connectivity index (χ1v) is 47.8. The number of benzene rings is 3. The third-order valence-corrected chi connectivity index (χ3v) is 32.6. The largest absolute Gasteiger partial charge is 0.427 e. The Bertz CT molecular complexity index is 7080. The van der Waals surface area contributed by atoms with E-state index in [0.29, 0.717) is 90.3 Å². The number of alkyl halides is 14. The number of Topliss-reactive ketones (excluding diaryl/α,β-unsaturated/α-hetero) is 3. The summed E-state index contributed by atoms with van der Waals surface area (Å²) in [6, 6.07) is 21.9. The maximum Gasteiger partial charge on any atom is 0.427 e. The predicted octanol–water partition coefficient (Wildman–Crippen LogP) is 18.7. The first kappa shape index (κ1) is 97.1. The van der Waals surface area contributed by atoms with E-state index in [1.54, 1.807) is 56.8 Å². The molecule has 2 unspecified atom stereocenters. The Morgan fingerprint density at radius 1 is 0.537 bits per heavy atom. The monoisotopic (exact) mass is 1990 g/mol. The molecule has 0 aliphatic heterocycles. The highest BCUT2D eigenvalue weighted by Crippen LogP contribution is 2.57. The van der Waals surface area contributed by atoms with Crippen molar-refractivity contribution in [3.05, 3.63) is 277 Å². The van der Waals surface area contributed by atoms with Crippen molar-refractivity contribution in [3.8, 4) is 17.1 Å². The minimum atomic E-state index is -4.83. The minimum absolute atomic E-state index is 0.0101. The Labute approximate surface area is 773 Å². The molecule has 3 saturated carbocycles. The van der Waals surface area contributed by atoms with Gasteiger partial charge in [0.1, 0.15) is 45.4 Å². The maximum atomic E-state index is 14.5. The van der Waals surface area contributed by atoms with E-state index >= 15 is 0 Å². The average Bonchev–Trinajstić information content (AvgIpc) is 1.45. The molecule has 24 nitrogen and oxygen atoms in total. The summed E-state index contributed by atoms with van der Waals surface area (Å²) >= 11 is 5.99. The Balaban J connectivity index is 0.000000148. The molecule has 6 aliphatic rings. The number of halogens is 18. The lowest BCUT2D eigenvalue weighted by molar-refractivity contribution is -0.140. The number of pyridine rings is 3. The van der Waals surface area contributed by atoms with Gasteiger partial charge in [-0.05, 0) is 253 Å². The molecule has 714 valence electrons. The number of nitrogens with zero attached hydrogens (tertiary/aromatic N) is 17. The van der Waals surface area contributed by atoms with Gasteiger partial charge >= 0.3 is 24.7 Å². The molecule has 46 heteroatoms. The van der Waals surface area contributed by atoms with Crippen LogP contribution in [0.4, 0.5) is 74.6 Å². The minimum Gasteiger partial charge on any atom is -0.291 e. The van der Waals surface area contributed by atoms with Crippen LogP contribution in [0.25, 0.3) is 35.3 Å². The number of hydrogen-bond acceptors (Lipinski definition) is 18. The highest BCUT2D eigenvalue weighted by Gasteiger charge is 2.57. The van der Waals surface area contributed by atoms with Crippen LogP contribution in [0.1, 0.15) is 158 Å². The van der Waals surface area contributed by atoms with E-state index in [-0.39, 0.29) is 120 Å². The second-order valence-corrected chi connectivity index (χ2v) is 41.9. The number of allylic oxidation sites excluding steroid dienone is 3. The molecule has 9 aromatic heterocycles. The molecule has 0 radical (unpaired) electrons. The number of fused-ring (bicyclic) bond motifs is 6. The lowest BCUT2D eigenvalue weighted by Crippen LogP contribution is -2.52. The number of carbonyl (C=O) groups excluding carboxylic acids is 3. The summed E-state index contributed by atoms with van der Waals surface area (Å²) in [6.07, 6.45) is -6.04. The lowest BCUT2D eigenvalue weighted by Gasteiger charge is -2.47. The smallest absolute Gasteiger partial charge is 0.291 e. The number of carbonyl (C=O) groups is 3. The van der Waals surface area contributed by atoms with Crippen molar-refractivity contribution in [1.82, 2.24) is 82.7 Å². The van der Waals surface area contributed by atoms with Crippen molar-refractivity contribution in [2.24, 2.45) is 23.3 Å². The molecule has 18 rings (SSSR count). The summed E-state index contributed by atoms with van der Waals surface area (Å²) < 4.78 is 297. The summed E-state index contributed by atoms with van der Waals surface area (Å²) in [5.74, 6) is 4.00. The number of aryl methyl sites for hydroxylation is 1. The van der Waals surface area contributed by atoms with Crippen molar-refractivity contribution in [3.63, 3.8) is 0 Å². The van der Waals surface area contributed by atoms with E-state index in [1.807, 2.05) is 13.8 Å². The zero-order chi connectivity index (χ0) is 97.7. The molecule has 8 atom stereocenters. The zero-order valence-electron chi connectivity index (χ0n) is 71.5. The van der Waals surface area contributed by atoms with Crippen LogP contribution in [-0.2, 0) is 74.1 Å². The number of sulfone groups is 1. The first-order chi connectivity index (χ1) is 64.0. The Morgan fingerprint density at radius 2 is 1.03 bits per heavy atom. The molecule has 0 amide bonds. The van der Waals surface area contributed by atoms with Crippen LogP contribution >= 0.6 is 22.9 Å². The van der Waals surface area contributed by atoms with E-state index in [1.165, 1.54) is 114 Å². The summed E-state index contributed by atoms with van der Waals surface area (Å²) in [5.41, 5.74) is -0.509. The number of thiazole rings is 1. The number of rotatable bonds is 21. The fourth-order valence-electron chi connectivity index (χ4n) is 18.5. The molecule has 3 fully saturated rings. The molecule has 0 saturated heterocycles. The summed E-state index contributed by atoms with van der Waals surface area (Å²) in [4.78, 5) is 57.3. The fourth-order valence-corrected chi connectivity index (χ4v) is 24.7. The van der Waals surface area contributed by atoms with E-state index in [9.17, 15) is 106 Å². The van der Waals surface area contributed by atoms with Crippen molar-refractivity contribution < 1.29 is 106 Å². The van der Waals surface area contributed by atoms with Gasteiger partial charge in [-0.2, -0.15) is 73.1 Å². The Kier molecular flexibility index (Phi) is 26.0. The normalized spacial score (nSPS) is 20.9. The van der Waals surface area contributed by atoms with Gasteiger partial charge in [0, 0.05) is 50.0 Å². The first-order valence-electron chi connectivity index (χ1n) is 41.7. The number of ketones is 3. The quantitative estimate of drug-likeness (QED) is 0.0280. The van der Waals surface area contributed by atoms with Gasteiger partial charge in [-0.25, -0.2) is 71.4 Å². The van der Waals surface area contributed by atoms with E-state index in [4.69, 9.17) is 11.6 Å². The van der Waals surface area contributed by atoms with E-state index in [0.717, 1.165) is 34.9 Å². The van der Waals surface area contributed by atoms with Crippen LogP contribution in [0.5, 0.6) is 0 Å². The highest BCUT2D eigenvalue weighted by atomic mass is 35.5. The van der Waals surface area contributed by atoms with Crippen LogP contribution in [0.15, 0.2) is 203 Å². The summed E-state index contributed by atoms with van der Waals surface area (Å²) in [7, 11) is -9.94. The van der Waals surface area contributed by atoms with E-state index < -0.39 is 169 Å². The third-order valence-electron chi connectivity index (χ3n) is 25.1. The Hall–Kier alpha value is -12.0. The molecule has 0 bridgehead atoms. The third kappa shape index (κ3) is 19.1. The van der Waals surface area contributed by atoms with Crippen molar-refractivity contribution >= 4 is 99.5 Å². The molecule has 0 spiro atoms. The van der Waals surface area contributed by atoms with Crippen LogP contribution in [-0.4, -0.2) is 172 Å². The van der Waals surface area contributed by atoms with Crippen molar-refractivity contribution in [2.45, 2.75) is 160 Å². The van der Waals surface area contributed by atoms with Crippen molar-refractivity contribution in [1.29, 1.82) is 0 Å². The number of aromatic nitrogens is 15. The molecule has 9 heterocycles. The maximum absolute atomic E-state index is 14.5. The van der Waals surface area contributed by atoms with Crippen LogP contribution < -0.4 is 0 Å². The van der Waals surface area contributed by atoms with Crippen LogP contribution in [0.2, 0.25) is 5.15 Å². The standard InChI is InChI=1S/C30H23ClF7N5O2S2.C30H27F6N7O2S.C30H27F4N5O3S/c1-47(45,22-8-9-25(31)39-14-22)42(16-29(33,34)35)21-5-2-18-10-23-17(13-41-43(23)20-6-3-19(32)4-7-20)11-28(18,12-21)26(44)27-40-15-24(46-27)30(36,37)38;1-41-17-27(39-40-41)46(2,45)42(16-26(32)33)23-6-3-19-12-25-18(15-38-43(25)22-7-4-21(31)5-8-22)13-29(19,14-23)28(44)24-11-20(9-10-37-24)30(34,35)36;1-18(2)38-12-11-27(37-38)43(41,42)24-9-3-20-13-26-19(16-36-39(26)23-7-5-22(31)6-8-23)14-29(20,15-24)28(40)25-10-4-21(17-35-25)30(32,33)34/h3-4,6-10,13-15,21H,1-2,5,11-12,16H2;4-5,7-12,15,17,23,26H,2-3,6,13-14,16H2,1H3;4-8,10-13,16-18,24H,3,9,14-15H2,1-2H3/t21-,28-,47?;23-,29-,46?;24-,29-/m000/s1. The van der Waals surface area contributed by atoms with E-state index in [2.05, 4.69) is 62.4 Å². The molecule has 6 aliphatic carbocycles. The van der Waals surface area contributed by atoms with Gasteiger partial charge in [0.05, 0.1) is 129 Å². The van der Waals surface area contributed by atoms with Gasteiger partial charge in [0.25, 0.3) is 6.43 Å². The second kappa shape index (κ2) is 36.5. The van der Waals surface area contributed by atoms with Gasteiger partial charge < -0.3 is 0 Å². The topological polar surface area (TPSA) is 280 Å². The van der Waals surface area contributed by atoms with Gasteiger partial charge in [-0.1, -0.05) is 33.5 Å². The molecule has 136 heavy (non-hydrogen) atoms. The van der Waals surface area contributed by atoms with Crippen molar-refractivity contribution in [2.75, 3.05) is 13.1 Å². The summed E-state index contributed by atoms with van der Waals surface area (Å²) in [5, 5.41) is 23.5. The van der Waals surface area contributed by atoms with Gasteiger partial charge in [0.2, 0.25) is 5.78 Å². The molecular weight excluding hydrogens is 1920 g/mol. The molecule has 12 aromatic rings. The van der Waals surface area contributed by atoms with Crippen LogP contribution in [0, 0.1) is 33.7 Å². The Morgan fingerprint density at radius 3 is 1.46 bits per heavy atom. The summed E-state index contributed by atoms with van der Waals surface area (Å²) in [6.45, 7) is 1.15. The molecule has 3 aromatic carbocycles. The zero-order valence-corrected chi connectivity index (χ0v) is 75.5. The fraction of sp³-hybridized carbons (Fsp3) is 0.322. The van der Waals surface area contributed by atoms with Crippen LogP contribution in [0.3, 0.4) is 0 Å². The van der Waals surface area contributed by atoms with Gasteiger partial charge in [0.15, 0.2) is 36.5 Å². The average molecular weight is 2000 g/mol. The lowest BCUT2D eigenvalue weighted by atomic mass is 9.60. The molecular formula is C90H77ClF17N17O7S4. The van der Waals surface area contributed by atoms with Gasteiger partial charge in [-0.15, -0.1) is 16.4 Å². The SMILES string of the molecule is C=S(=O)(c1ccc(Cl)nc1)N(CC(F)(F)F)[C@H]1CCC2=Cc3c(cnn3-c3ccc(F)cc3)C[C@]2(C(=O)c2ncc(C(F)(F)F)s2)C1.C=S(=O)(c1cn(C)nn1)N(CC(F)F)[C@H]1CCC2=Cc3c(cnn3-c3ccc(F)cc3)C[C@]2(C(=O)c2cc(C(F)(F)F)ccn2)C1.CC(C)n1ccc(S(=O)(=O)[C@H]2CCC3=Cc4c(cnn4-c4ccc(F)cc4)C[C@]3(C(=O)c3ccc(C(F)(F)F)cn3)C2)n1. The second-order valence-electron chi connectivity index (χ2n) is 33.9.